The molecule has 0 saturated heterocycles. The molecular formula is C38H64N2O2. The van der Waals surface area contributed by atoms with Crippen LogP contribution < -0.4 is 0 Å². The van der Waals surface area contributed by atoms with Crippen molar-refractivity contribution < 1.29 is 9.47 Å². The smallest absolute Gasteiger partial charge is 0.0994 e. The van der Waals surface area contributed by atoms with Crippen molar-refractivity contribution in [1.82, 2.24) is 9.80 Å². The highest BCUT2D eigenvalue weighted by molar-refractivity contribution is 5.63. The molecule has 0 N–H and O–H groups in total. The average Bonchev–Trinajstić information content (AvgIpc) is 3.02. The van der Waals surface area contributed by atoms with Crippen LogP contribution in [0.1, 0.15) is 129 Å². The van der Waals surface area contributed by atoms with Crippen molar-refractivity contribution in [2.24, 2.45) is 0 Å². The standard InChI is InChI=1S/C38H64N2O2/c1-5-9-13-15-17-29-39(27-11-7-3)33-41-31-35-19-23-37(24-20-35)38-25-21-36(22-26-38)32-42-34-40(28-12-8-4)30-18-16-14-10-6-2/h19-26H,5-18,27-34H2,1-4H3. The number of benzene rings is 2. The third-order valence-corrected chi connectivity index (χ3v) is 8.14. The zero-order valence-corrected chi connectivity index (χ0v) is 27.9. The molecule has 2 rings (SSSR count). The molecule has 0 aliphatic heterocycles. The van der Waals surface area contributed by atoms with E-state index in [1.165, 1.54) is 112 Å². The number of hydrogen-bond acceptors (Lipinski definition) is 4. The van der Waals surface area contributed by atoms with Crippen LogP contribution >= 0.6 is 0 Å². The van der Waals surface area contributed by atoms with Crippen molar-refractivity contribution in [3.8, 4) is 11.1 Å². The molecule has 4 nitrogen and oxygen atoms in total. The van der Waals surface area contributed by atoms with Gasteiger partial charge in [-0.05, 0) is 47.9 Å². The minimum atomic E-state index is 0.670. The summed E-state index contributed by atoms with van der Waals surface area (Å²) in [6.45, 7) is 16.5. The average molecular weight is 581 g/mol. The fourth-order valence-electron chi connectivity index (χ4n) is 5.30. The van der Waals surface area contributed by atoms with E-state index in [0.29, 0.717) is 13.2 Å². The van der Waals surface area contributed by atoms with Crippen LogP contribution in [-0.4, -0.2) is 49.4 Å². The van der Waals surface area contributed by atoms with Crippen LogP contribution in [0.4, 0.5) is 0 Å². The fraction of sp³-hybridized carbons (Fsp3) is 0.684. The molecule has 0 atom stereocenters. The normalized spacial score (nSPS) is 11.7. The summed E-state index contributed by atoms with van der Waals surface area (Å²) in [6.07, 6.45) is 18.2. The van der Waals surface area contributed by atoms with Gasteiger partial charge < -0.3 is 9.47 Å². The van der Waals surface area contributed by atoms with E-state index in [9.17, 15) is 0 Å². The van der Waals surface area contributed by atoms with E-state index in [4.69, 9.17) is 9.47 Å². The van der Waals surface area contributed by atoms with Gasteiger partial charge in [-0.25, -0.2) is 0 Å². The molecule has 0 fully saturated rings. The number of hydrogen-bond donors (Lipinski definition) is 0. The van der Waals surface area contributed by atoms with E-state index in [0.717, 1.165) is 39.6 Å². The van der Waals surface area contributed by atoms with Gasteiger partial charge in [0.2, 0.25) is 0 Å². The van der Waals surface area contributed by atoms with Crippen LogP contribution in [0.2, 0.25) is 0 Å². The first kappa shape index (κ1) is 36.5. The summed E-state index contributed by atoms with van der Waals surface area (Å²) in [5.41, 5.74) is 4.97. The Hall–Kier alpha value is -1.72. The summed E-state index contributed by atoms with van der Waals surface area (Å²) >= 11 is 0. The molecule has 42 heavy (non-hydrogen) atoms. The monoisotopic (exact) mass is 580 g/mol. The highest BCUT2D eigenvalue weighted by Crippen LogP contribution is 2.21. The Morgan fingerprint density at radius 3 is 1.10 bits per heavy atom. The van der Waals surface area contributed by atoms with Crippen molar-refractivity contribution in [3.05, 3.63) is 59.7 Å². The summed E-state index contributed by atoms with van der Waals surface area (Å²) in [5, 5.41) is 0. The highest BCUT2D eigenvalue weighted by atomic mass is 16.5. The number of nitrogens with zero attached hydrogens (tertiary/aromatic N) is 2. The number of rotatable bonds is 27. The molecule has 2 aromatic carbocycles. The van der Waals surface area contributed by atoms with Gasteiger partial charge >= 0.3 is 0 Å². The molecule has 0 amide bonds. The van der Waals surface area contributed by atoms with E-state index in [-0.39, 0.29) is 0 Å². The van der Waals surface area contributed by atoms with Crippen LogP contribution in [0, 0.1) is 0 Å². The van der Waals surface area contributed by atoms with Gasteiger partial charge in [0.15, 0.2) is 0 Å². The predicted octanol–water partition coefficient (Wildman–Crippen LogP) is 10.4. The fourth-order valence-corrected chi connectivity index (χ4v) is 5.30. The van der Waals surface area contributed by atoms with Crippen LogP contribution in [-0.2, 0) is 22.7 Å². The SMILES string of the molecule is CCCCCCCN(CCCC)COCc1ccc(-c2ccc(COCN(CCCC)CCCCCCC)cc2)cc1. The Bertz CT molecular complexity index is 794. The lowest BCUT2D eigenvalue weighted by Gasteiger charge is -2.22. The van der Waals surface area contributed by atoms with Gasteiger partial charge in [0.25, 0.3) is 0 Å². The molecule has 0 aromatic heterocycles. The topological polar surface area (TPSA) is 24.9 Å². The first-order chi connectivity index (χ1) is 20.7. The minimum absolute atomic E-state index is 0.670. The molecule has 0 aliphatic carbocycles. The summed E-state index contributed by atoms with van der Waals surface area (Å²) in [7, 11) is 0. The van der Waals surface area contributed by atoms with Crippen molar-refractivity contribution in [2.45, 2.75) is 131 Å². The van der Waals surface area contributed by atoms with Gasteiger partial charge in [-0.3, -0.25) is 9.80 Å². The van der Waals surface area contributed by atoms with Crippen molar-refractivity contribution >= 4 is 0 Å². The maximum absolute atomic E-state index is 6.14. The molecule has 0 heterocycles. The second-order valence-electron chi connectivity index (χ2n) is 12.1. The summed E-state index contributed by atoms with van der Waals surface area (Å²) in [6, 6.07) is 17.7. The lowest BCUT2D eigenvalue weighted by Crippen LogP contribution is -2.28. The van der Waals surface area contributed by atoms with Gasteiger partial charge in [-0.2, -0.15) is 0 Å². The van der Waals surface area contributed by atoms with E-state index < -0.39 is 0 Å². The van der Waals surface area contributed by atoms with Gasteiger partial charge in [0, 0.05) is 26.2 Å². The molecule has 0 radical (unpaired) electrons. The molecule has 0 saturated carbocycles. The minimum Gasteiger partial charge on any atom is -0.361 e. The molecular weight excluding hydrogens is 516 g/mol. The van der Waals surface area contributed by atoms with E-state index in [1.54, 1.807) is 0 Å². The summed E-state index contributed by atoms with van der Waals surface area (Å²) in [5.74, 6) is 0. The molecule has 0 bridgehead atoms. The molecule has 0 spiro atoms. The van der Waals surface area contributed by atoms with Gasteiger partial charge in [0.1, 0.15) is 0 Å². The van der Waals surface area contributed by atoms with Crippen LogP contribution in [0.15, 0.2) is 48.5 Å². The molecule has 0 aliphatic rings. The zero-order valence-electron chi connectivity index (χ0n) is 27.9. The van der Waals surface area contributed by atoms with Gasteiger partial charge in [-0.1, -0.05) is 140 Å². The number of unbranched alkanes of at least 4 members (excludes halogenated alkanes) is 10. The zero-order chi connectivity index (χ0) is 30.1. The second kappa shape index (κ2) is 24.7. The highest BCUT2D eigenvalue weighted by Gasteiger charge is 2.07. The van der Waals surface area contributed by atoms with Crippen molar-refractivity contribution in [3.63, 3.8) is 0 Å². The maximum Gasteiger partial charge on any atom is 0.0994 e. The van der Waals surface area contributed by atoms with Gasteiger partial charge in [0.05, 0.1) is 26.7 Å². The summed E-state index contributed by atoms with van der Waals surface area (Å²) in [4.78, 5) is 4.99. The molecule has 4 heteroatoms. The Labute approximate surface area is 260 Å². The quantitative estimate of drug-likeness (QED) is 0.0775. The Balaban J connectivity index is 1.74. The Morgan fingerprint density at radius 1 is 0.405 bits per heavy atom. The summed E-state index contributed by atoms with van der Waals surface area (Å²) < 4.78 is 12.3. The van der Waals surface area contributed by atoms with Gasteiger partial charge in [-0.15, -0.1) is 0 Å². The van der Waals surface area contributed by atoms with Crippen LogP contribution in [0.5, 0.6) is 0 Å². The molecule has 0 unspecified atom stereocenters. The lowest BCUT2D eigenvalue weighted by atomic mass is 10.0. The largest absolute Gasteiger partial charge is 0.361 e. The van der Waals surface area contributed by atoms with Crippen molar-refractivity contribution in [2.75, 3.05) is 39.6 Å². The van der Waals surface area contributed by atoms with Crippen LogP contribution in [0.25, 0.3) is 11.1 Å². The Kier molecular flexibility index (Phi) is 21.4. The van der Waals surface area contributed by atoms with E-state index in [1.807, 2.05) is 0 Å². The third-order valence-electron chi connectivity index (χ3n) is 8.14. The van der Waals surface area contributed by atoms with Crippen molar-refractivity contribution in [1.29, 1.82) is 0 Å². The predicted molar refractivity (Wildman–Crippen MR) is 182 cm³/mol. The van der Waals surface area contributed by atoms with Crippen LogP contribution in [0.3, 0.4) is 0 Å². The number of ether oxygens (including phenoxy) is 2. The molecule has 238 valence electrons. The lowest BCUT2D eigenvalue weighted by molar-refractivity contribution is 0.0170. The van der Waals surface area contributed by atoms with E-state index in [2.05, 4.69) is 86.0 Å². The maximum atomic E-state index is 6.14. The second-order valence-corrected chi connectivity index (χ2v) is 12.1. The Morgan fingerprint density at radius 2 is 0.738 bits per heavy atom. The third kappa shape index (κ3) is 16.8. The molecule has 2 aromatic rings. The van der Waals surface area contributed by atoms with E-state index >= 15 is 0 Å². The first-order valence-electron chi connectivity index (χ1n) is 17.5. The first-order valence-corrected chi connectivity index (χ1v) is 17.5.